The molecule has 0 atom stereocenters. The zero-order valence-electron chi connectivity index (χ0n) is 6.23. The van der Waals surface area contributed by atoms with Gasteiger partial charge in [0.25, 0.3) is 0 Å². The minimum atomic E-state index is -1.16. The van der Waals surface area contributed by atoms with Gasteiger partial charge in [-0.1, -0.05) is 39.1 Å². The predicted octanol–water partition coefficient (Wildman–Crippen LogP) is 3.57. The molecule has 0 fully saturated rings. The highest BCUT2D eigenvalue weighted by atomic mass is 79.9. The summed E-state index contributed by atoms with van der Waals surface area (Å²) in [6, 6.07) is 3.79. The number of ketones is 1. The van der Waals surface area contributed by atoms with Crippen LogP contribution in [0.5, 0.6) is 0 Å². The van der Waals surface area contributed by atoms with Crippen LogP contribution in [-0.2, 0) is 0 Å². The summed E-state index contributed by atoms with van der Waals surface area (Å²) in [4.78, 5) is 10.0. The first-order valence-corrected chi connectivity index (χ1v) is 4.96. The molecule has 0 amide bonds. The molecule has 5 heteroatoms. The lowest BCUT2D eigenvalue weighted by atomic mass is 10.1. The van der Waals surface area contributed by atoms with E-state index in [2.05, 4.69) is 15.9 Å². The van der Waals surface area contributed by atoms with Crippen LogP contribution in [0, 0.1) is 5.82 Å². The maximum atomic E-state index is 12.8. The van der Waals surface area contributed by atoms with Gasteiger partial charge in [0.2, 0.25) is 0 Å². The molecule has 0 N–H and O–H groups in total. The Bertz CT molecular complexity index is 321. The van der Waals surface area contributed by atoms with E-state index in [1.165, 1.54) is 12.1 Å². The summed E-state index contributed by atoms with van der Waals surface area (Å²) in [5, 5.41) is 0. The largest absolute Gasteiger partial charge is 0.291 e. The Hall–Kier alpha value is -0.120. The first kappa shape index (κ1) is 11.0. The molecule has 0 saturated carbocycles. The van der Waals surface area contributed by atoms with E-state index in [1.807, 2.05) is 0 Å². The average molecular weight is 286 g/mol. The van der Waals surface area contributed by atoms with E-state index in [0.29, 0.717) is 4.47 Å². The summed E-state index contributed by atoms with van der Waals surface area (Å²) in [6.45, 7) is 0. The molecule has 1 nitrogen and oxygen atoms in total. The van der Waals surface area contributed by atoms with Gasteiger partial charge in [0.05, 0.1) is 0 Å². The van der Waals surface area contributed by atoms with Crippen molar-refractivity contribution in [2.45, 2.75) is 4.84 Å². The number of hydrogen-bond donors (Lipinski definition) is 0. The third-order valence-corrected chi connectivity index (χ3v) is 2.20. The van der Waals surface area contributed by atoms with E-state index in [1.54, 1.807) is 0 Å². The van der Waals surface area contributed by atoms with Gasteiger partial charge in [-0.05, 0) is 18.2 Å². The van der Waals surface area contributed by atoms with Crippen LogP contribution in [-0.4, -0.2) is 10.6 Å². The van der Waals surface area contributed by atoms with Crippen molar-refractivity contribution in [2.24, 2.45) is 0 Å². The number of carbonyl (C=O) groups is 1. The van der Waals surface area contributed by atoms with Gasteiger partial charge in [0, 0.05) is 10.0 Å². The highest BCUT2D eigenvalue weighted by Gasteiger charge is 2.15. The fourth-order valence-electron chi connectivity index (χ4n) is 0.822. The monoisotopic (exact) mass is 284 g/mol. The van der Waals surface area contributed by atoms with Crippen molar-refractivity contribution < 1.29 is 9.18 Å². The molecule has 0 spiro atoms. The van der Waals surface area contributed by atoms with Crippen molar-refractivity contribution in [3.05, 3.63) is 34.1 Å². The molecule has 0 aromatic heterocycles. The molecule has 1 aromatic rings. The summed E-state index contributed by atoms with van der Waals surface area (Å²) in [5.41, 5.74) is 0.155. The fourth-order valence-corrected chi connectivity index (χ4v) is 1.54. The molecule has 0 saturated heterocycles. The number of hydrogen-bond acceptors (Lipinski definition) is 1. The van der Waals surface area contributed by atoms with Crippen LogP contribution in [0.3, 0.4) is 0 Å². The molecule has 0 heterocycles. The molecular weight excluding hydrogens is 282 g/mol. The van der Waals surface area contributed by atoms with Gasteiger partial charge in [-0.3, -0.25) is 4.79 Å². The van der Waals surface area contributed by atoms with E-state index in [-0.39, 0.29) is 5.56 Å². The number of alkyl halides is 2. The van der Waals surface area contributed by atoms with E-state index < -0.39 is 16.4 Å². The second kappa shape index (κ2) is 4.40. The molecule has 0 radical (unpaired) electrons. The Kier molecular flexibility index (Phi) is 3.71. The smallest absolute Gasteiger partial charge is 0.195 e. The Morgan fingerprint density at radius 2 is 2.00 bits per heavy atom. The topological polar surface area (TPSA) is 17.1 Å². The molecule has 0 aliphatic rings. The molecule has 0 aliphatic heterocycles. The van der Waals surface area contributed by atoms with Crippen molar-refractivity contribution >= 4 is 44.9 Å². The average Bonchev–Trinajstić information content (AvgIpc) is 2.01. The van der Waals surface area contributed by atoms with Gasteiger partial charge < -0.3 is 0 Å². The van der Waals surface area contributed by atoms with E-state index in [0.717, 1.165) is 6.07 Å². The van der Waals surface area contributed by atoms with E-state index in [4.69, 9.17) is 23.2 Å². The Labute approximate surface area is 93.0 Å². The molecular formula is C8H4BrCl2FO. The quantitative estimate of drug-likeness (QED) is 0.600. The number of rotatable bonds is 2. The molecule has 0 unspecified atom stereocenters. The van der Waals surface area contributed by atoms with Crippen LogP contribution < -0.4 is 0 Å². The summed E-state index contributed by atoms with van der Waals surface area (Å²) in [7, 11) is 0. The van der Waals surface area contributed by atoms with Crippen LogP contribution >= 0.6 is 39.1 Å². The maximum absolute atomic E-state index is 12.8. The lowest BCUT2D eigenvalue weighted by Crippen LogP contribution is -2.08. The first-order chi connectivity index (χ1) is 6.00. The van der Waals surface area contributed by atoms with Gasteiger partial charge in [-0.2, -0.15) is 0 Å². The van der Waals surface area contributed by atoms with E-state index >= 15 is 0 Å². The SMILES string of the molecule is O=C(c1cc(F)cc(Br)c1)C(Cl)Cl. The maximum Gasteiger partial charge on any atom is 0.195 e. The lowest BCUT2D eigenvalue weighted by Gasteiger charge is -2.01. The standard InChI is InChI=1S/C8H4BrCl2FO/c9-5-1-4(2-6(12)3-5)7(13)8(10)11/h1-3,8H. The zero-order chi connectivity index (χ0) is 10.0. The molecule has 0 aliphatic carbocycles. The van der Waals surface area contributed by atoms with Gasteiger partial charge in [-0.25, -0.2) is 4.39 Å². The molecule has 0 bridgehead atoms. The molecule has 1 aromatic carbocycles. The number of benzene rings is 1. The second-order valence-electron chi connectivity index (χ2n) is 2.32. The Balaban J connectivity index is 3.08. The normalized spacial score (nSPS) is 10.5. The molecule has 1 rings (SSSR count). The van der Waals surface area contributed by atoms with Crippen molar-refractivity contribution in [3.63, 3.8) is 0 Å². The van der Waals surface area contributed by atoms with E-state index in [9.17, 15) is 9.18 Å². The van der Waals surface area contributed by atoms with Gasteiger partial charge in [-0.15, -0.1) is 0 Å². The Morgan fingerprint density at radius 1 is 1.38 bits per heavy atom. The van der Waals surface area contributed by atoms with Gasteiger partial charge in [0.15, 0.2) is 10.6 Å². The van der Waals surface area contributed by atoms with Crippen LogP contribution in [0.2, 0.25) is 0 Å². The third kappa shape index (κ3) is 2.93. The van der Waals surface area contributed by atoms with Crippen molar-refractivity contribution in [1.29, 1.82) is 0 Å². The minimum Gasteiger partial charge on any atom is -0.291 e. The fraction of sp³-hybridized carbons (Fsp3) is 0.125. The number of carbonyl (C=O) groups excluding carboxylic acids is 1. The van der Waals surface area contributed by atoms with Crippen LogP contribution in [0.1, 0.15) is 10.4 Å². The summed E-state index contributed by atoms with van der Waals surface area (Å²) < 4.78 is 13.3. The minimum absolute atomic E-state index is 0.155. The third-order valence-electron chi connectivity index (χ3n) is 1.35. The highest BCUT2D eigenvalue weighted by Crippen LogP contribution is 2.18. The summed E-state index contributed by atoms with van der Waals surface area (Å²) in [5.74, 6) is -1.02. The van der Waals surface area contributed by atoms with Crippen molar-refractivity contribution in [2.75, 3.05) is 0 Å². The van der Waals surface area contributed by atoms with Gasteiger partial charge in [0.1, 0.15) is 5.82 Å². The predicted molar refractivity (Wildman–Crippen MR) is 53.9 cm³/mol. The zero-order valence-corrected chi connectivity index (χ0v) is 9.33. The molecule has 13 heavy (non-hydrogen) atoms. The van der Waals surface area contributed by atoms with Gasteiger partial charge >= 0.3 is 0 Å². The van der Waals surface area contributed by atoms with Crippen molar-refractivity contribution in [3.8, 4) is 0 Å². The Morgan fingerprint density at radius 3 is 2.46 bits per heavy atom. The lowest BCUT2D eigenvalue weighted by molar-refractivity contribution is 0.101. The van der Waals surface area contributed by atoms with Crippen LogP contribution in [0.15, 0.2) is 22.7 Å². The van der Waals surface area contributed by atoms with Crippen LogP contribution in [0.25, 0.3) is 0 Å². The first-order valence-electron chi connectivity index (χ1n) is 3.29. The summed E-state index contributed by atoms with van der Waals surface area (Å²) >= 11 is 13.7. The van der Waals surface area contributed by atoms with Crippen molar-refractivity contribution in [1.82, 2.24) is 0 Å². The summed E-state index contributed by atoms with van der Waals surface area (Å²) in [6.07, 6.45) is 0. The number of Topliss-reactive ketones (excluding diaryl/α,β-unsaturated/α-hetero) is 1. The van der Waals surface area contributed by atoms with Crippen LogP contribution in [0.4, 0.5) is 4.39 Å². The number of halogens is 4. The highest BCUT2D eigenvalue weighted by molar-refractivity contribution is 9.10. The second-order valence-corrected chi connectivity index (χ2v) is 4.34. The molecule has 70 valence electrons.